The number of carbonyl (C=O) groups excluding carboxylic acids is 1. The first-order valence-electron chi connectivity index (χ1n) is 7.02. The highest BCUT2D eigenvalue weighted by Crippen LogP contribution is 2.23. The Morgan fingerprint density at radius 1 is 1.26 bits per heavy atom. The molecule has 0 bridgehead atoms. The number of aryl methyl sites for hydroxylation is 1. The van der Waals surface area contributed by atoms with Crippen LogP contribution in [0.3, 0.4) is 0 Å². The largest absolute Gasteiger partial charge is 0.303 e. The molecule has 0 unspecified atom stereocenters. The lowest BCUT2D eigenvalue weighted by molar-refractivity contribution is 0.0981. The highest BCUT2D eigenvalue weighted by atomic mass is 79.9. The Hall–Kier alpha value is -2.05. The van der Waals surface area contributed by atoms with Gasteiger partial charge in [-0.2, -0.15) is 0 Å². The van der Waals surface area contributed by atoms with E-state index < -0.39 is 0 Å². The zero-order chi connectivity index (χ0) is 16.2. The maximum Gasteiger partial charge on any atom is 0.278 e. The van der Waals surface area contributed by atoms with Crippen LogP contribution in [0, 0.1) is 6.92 Å². The van der Waals surface area contributed by atoms with Gasteiger partial charge in [-0.15, -0.1) is 11.3 Å². The van der Waals surface area contributed by atoms with E-state index in [0.29, 0.717) is 12.2 Å². The maximum absolute atomic E-state index is 12.9. The van der Waals surface area contributed by atoms with Crippen LogP contribution in [0.2, 0.25) is 0 Å². The van der Waals surface area contributed by atoms with Crippen LogP contribution in [-0.2, 0) is 6.54 Å². The minimum atomic E-state index is -0.111. The first-order chi connectivity index (χ1) is 11.1. The van der Waals surface area contributed by atoms with Gasteiger partial charge in [0.1, 0.15) is 5.69 Å². The van der Waals surface area contributed by atoms with E-state index in [2.05, 4.69) is 25.9 Å². The zero-order valence-electron chi connectivity index (χ0n) is 12.4. The van der Waals surface area contributed by atoms with E-state index >= 15 is 0 Å². The first-order valence-corrected chi connectivity index (χ1v) is 8.69. The number of thiazole rings is 1. The minimum absolute atomic E-state index is 0.111. The summed E-state index contributed by atoms with van der Waals surface area (Å²) in [7, 11) is 0. The van der Waals surface area contributed by atoms with Crippen molar-refractivity contribution in [2.45, 2.75) is 13.5 Å². The Bertz CT molecular complexity index is 802. The van der Waals surface area contributed by atoms with Crippen molar-refractivity contribution in [2.75, 3.05) is 4.90 Å². The summed E-state index contributed by atoms with van der Waals surface area (Å²) in [6.07, 6.45) is 3.49. The van der Waals surface area contributed by atoms with Gasteiger partial charge in [0, 0.05) is 27.9 Å². The number of carbonyl (C=O) groups is 1. The third-order valence-corrected chi connectivity index (χ3v) is 4.59. The molecule has 0 aliphatic carbocycles. The van der Waals surface area contributed by atoms with Gasteiger partial charge < -0.3 is 4.90 Å². The summed E-state index contributed by atoms with van der Waals surface area (Å²) in [4.78, 5) is 23.0. The lowest BCUT2D eigenvalue weighted by Crippen LogP contribution is -2.30. The average Bonchev–Trinajstić information content (AvgIpc) is 3.00. The van der Waals surface area contributed by atoms with E-state index in [1.54, 1.807) is 22.7 Å². The fraction of sp³-hybridized carbons (Fsp3) is 0.118. The smallest absolute Gasteiger partial charge is 0.278 e. The van der Waals surface area contributed by atoms with Crippen molar-refractivity contribution in [3.63, 3.8) is 0 Å². The van der Waals surface area contributed by atoms with Crippen molar-refractivity contribution < 1.29 is 4.79 Å². The van der Waals surface area contributed by atoms with Crippen LogP contribution in [0.1, 0.15) is 21.1 Å². The summed E-state index contributed by atoms with van der Waals surface area (Å²) in [6.45, 7) is 2.34. The fourth-order valence-electron chi connectivity index (χ4n) is 2.18. The molecule has 2 aromatic heterocycles. The highest BCUT2D eigenvalue weighted by Gasteiger charge is 2.20. The molecule has 0 atom stereocenters. The number of nitrogens with zero attached hydrogens (tertiary/aromatic N) is 3. The minimum Gasteiger partial charge on any atom is -0.303 e. The number of hydrogen-bond acceptors (Lipinski definition) is 4. The summed E-state index contributed by atoms with van der Waals surface area (Å²) in [5.74, 6) is -0.111. The molecule has 6 heteroatoms. The van der Waals surface area contributed by atoms with Crippen LogP contribution in [0.5, 0.6) is 0 Å². The predicted molar refractivity (Wildman–Crippen MR) is 95.7 cm³/mol. The molecule has 0 spiro atoms. The second kappa shape index (κ2) is 7.02. The van der Waals surface area contributed by atoms with Crippen molar-refractivity contribution in [1.29, 1.82) is 0 Å². The zero-order valence-corrected chi connectivity index (χ0v) is 14.8. The average molecular weight is 388 g/mol. The summed E-state index contributed by atoms with van der Waals surface area (Å²) < 4.78 is 0.972. The van der Waals surface area contributed by atoms with Gasteiger partial charge in [-0.1, -0.05) is 22.0 Å². The summed E-state index contributed by atoms with van der Waals surface area (Å²) in [6, 6.07) is 11.5. The van der Waals surface area contributed by atoms with Crippen LogP contribution >= 0.6 is 27.3 Å². The summed E-state index contributed by atoms with van der Waals surface area (Å²) in [5, 5.41) is 2.68. The van der Waals surface area contributed by atoms with Crippen LogP contribution in [0.15, 0.2) is 58.6 Å². The first kappa shape index (κ1) is 15.8. The van der Waals surface area contributed by atoms with E-state index in [1.165, 1.54) is 11.3 Å². The third kappa shape index (κ3) is 3.83. The van der Waals surface area contributed by atoms with E-state index in [1.807, 2.05) is 43.3 Å². The topological polar surface area (TPSA) is 46.1 Å². The number of halogens is 1. The number of benzene rings is 1. The Kier molecular flexibility index (Phi) is 4.83. The third-order valence-electron chi connectivity index (χ3n) is 3.29. The van der Waals surface area contributed by atoms with E-state index in [-0.39, 0.29) is 5.91 Å². The lowest BCUT2D eigenvalue weighted by Gasteiger charge is -2.22. The quantitative estimate of drug-likeness (QED) is 0.663. The van der Waals surface area contributed by atoms with Gasteiger partial charge in [0.2, 0.25) is 0 Å². The molecule has 116 valence electrons. The van der Waals surface area contributed by atoms with Crippen molar-refractivity contribution in [1.82, 2.24) is 9.97 Å². The lowest BCUT2D eigenvalue weighted by atomic mass is 10.2. The maximum atomic E-state index is 12.9. The van der Waals surface area contributed by atoms with Crippen molar-refractivity contribution in [3.05, 3.63) is 74.9 Å². The number of hydrogen-bond donors (Lipinski definition) is 0. The van der Waals surface area contributed by atoms with Crippen molar-refractivity contribution in [3.8, 4) is 0 Å². The Morgan fingerprint density at radius 2 is 2.04 bits per heavy atom. The van der Waals surface area contributed by atoms with Crippen LogP contribution in [0.25, 0.3) is 0 Å². The molecule has 0 N–H and O–H groups in total. The van der Waals surface area contributed by atoms with E-state index in [4.69, 9.17) is 0 Å². The van der Waals surface area contributed by atoms with E-state index in [0.717, 1.165) is 20.7 Å². The molecule has 0 aliphatic rings. The molecule has 23 heavy (non-hydrogen) atoms. The van der Waals surface area contributed by atoms with Gasteiger partial charge in [-0.05, 0) is 42.8 Å². The highest BCUT2D eigenvalue weighted by molar-refractivity contribution is 9.10. The molecule has 0 aliphatic heterocycles. The molecular weight excluding hydrogens is 374 g/mol. The molecule has 3 rings (SSSR count). The molecule has 1 amide bonds. The van der Waals surface area contributed by atoms with Gasteiger partial charge in [0.15, 0.2) is 0 Å². The Morgan fingerprint density at radius 3 is 2.65 bits per heavy atom. The van der Waals surface area contributed by atoms with Crippen LogP contribution in [0.4, 0.5) is 5.69 Å². The Labute approximate surface area is 147 Å². The predicted octanol–water partition coefficient (Wildman–Crippen LogP) is 4.46. The number of anilines is 1. The monoisotopic (exact) mass is 387 g/mol. The number of rotatable bonds is 4. The van der Waals surface area contributed by atoms with Crippen LogP contribution < -0.4 is 4.90 Å². The normalized spacial score (nSPS) is 10.5. The summed E-state index contributed by atoms with van der Waals surface area (Å²) >= 11 is 4.90. The second-order valence-electron chi connectivity index (χ2n) is 4.98. The second-order valence-corrected chi connectivity index (χ2v) is 6.96. The molecule has 0 fully saturated rings. The van der Waals surface area contributed by atoms with E-state index in [9.17, 15) is 4.79 Å². The fourth-order valence-corrected chi connectivity index (χ4v) is 3.03. The standard InChI is InChI=1S/C17H14BrN3OS/c1-12-20-16(11-23-12)17(22)21(10-13-3-2-8-19-9-13)15-6-4-14(18)5-7-15/h2-9,11H,10H2,1H3. The molecule has 0 saturated carbocycles. The van der Waals surface area contributed by atoms with Gasteiger partial charge in [-0.25, -0.2) is 4.98 Å². The number of aromatic nitrogens is 2. The molecule has 0 radical (unpaired) electrons. The van der Waals surface area contributed by atoms with Gasteiger partial charge in [0.25, 0.3) is 5.91 Å². The molecule has 2 heterocycles. The molecule has 1 aromatic carbocycles. The summed E-state index contributed by atoms with van der Waals surface area (Å²) in [5.41, 5.74) is 2.27. The van der Waals surface area contributed by atoms with Gasteiger partial charge in [0.05, 0.1) is 11.6 Å². The molecular formula is C17H14BrN3OS. The van der Waals surface area contributed by atoms with Gasteiger partial charge in [-0.3, -0.25) is 9.78 Å². The molecule has 0 saturated heterocycles. The van der Waals surface area contributed by atoms with Crippen molar-refractivity contribution in [2.24, 2.45) is 0 Å². The SMILES string of the molecule is Cc1nc(C(=O)N(Cc2cccnc2)c2ccc(Br)cc2)cs1. The van der Waals surface area contributed by atoms with Crippen molar-refractivity contribution >= 4 is 38.9 Å². The number of amides is 1. The molecule has 3 aromatic rings. The van der Waals surface area contributed by atoms with Gasteiger partial charge >= 0.3 is 0 Å². The number of pyridine rings is 1. The molecule has 4 nitrogen and oxygen atoms in total. The Balaban J connectivity index is 1.95. The van der Waals surface area contributed by atoms with Crippen LogP contribution in [-0.4, -0.2) is 15.9 Å².